The summed E-state index contributed by atoms with van der Waals surface area (Å²) < 4.78 is 0.472. The van der Waals surface area contributed by atoms with Crippen molar-refractivity contribution >= 4 is 74.9 Å². The predicted molar refractivity (Wildman–Crippen MR) is 113 cm³/mol. The molecule has 1 aliphatic rings. The summed E-state index contributed by atoms with van der Waals surface area (Å²) in [5, 5.41) is 0.823. The van der Waals surface area contributed by atoms with Gasteiger partial charge in [0, 0.05) is 19.8 Å². The van der Waals surface area contributed by atoms with E-state index in [9.17, 15) is 4.79 Å². The van der Waals surface area contributed by atoms with Crippen molar-refractivity contribution in [1.82, 2.24) is 0 Å². The second-order valence-corrected chi connectivity index (χ2v) is 8.09. The minimum Gasteiger partial charge on any atom is -0.378 e. The lowest BCUT2D eigenvalue weighted by atomic mass is 10.2. The van der Waals surface area contributed by atoms with E-state index in [2.05, 4.69) is 0 Å². The fourth-order valence-electron chi connectivity index (χ4n) is 2.33. The molecule has 0 bridgehead atoms. The van der Waals surface area contributed by atoms with Gasteiger partial charge in [0.2, 0.25) is 0 Å². The Labute approximate surface area is 166 Å². The Morgan fingerprint density at radius 3 is 2.36 bits per heavy atom. The Balaban J connectivity index is 1.88. The highest BCUT2D eigenvalue weighted by molar-refractivity contribution is 8.27. The van der Waals surface area contributed by atoms with E-state index in [1.807, 2.05) is 49.3 Å². The van der Waals surface area contributed by atoms with E-state index in [0.29, 0.717) is 25.0 Å². The first kappa shape index (κ1) is 18.3. The highest BCUT2D eigenvalue weighted by Crippen LogP contribution is 2.38. The maximum atomic E-state index is 12.8. The molecule has 0 saturated carbocycles. The largest absolute Gasteiger partial charge is 0.378 e. The van der Waals surface area contributed by atoms with Crippen LogP contribution in [0.4, 0.5) is 11.4 Å². The molecule has 1 aliphatic heterocycles. The van der Waals surface area contributed by atoms with Crippen LogP contribution in [-0.2, 0) is 4.79 Å². The third-order valence-corrected chi connectivity index (χ3v) is 5.70. The molecule has 0 aliphatic carbocycles. The number of hydrogen-bond donors (Lipinski definition) is 0. The number of carbonyl (C=O) groups excluding carboxylic acids is 1. The molecule has 25 heavy (non-hydrogen) atoms. The summed E-state index contributed by atoms with van der Waals surface area (Å²) in [4.78, 5) is 16.8. The molecule has 7 heteroatoms. The molecule has 0 unspecified atom stereocenters. The Hall–Kier alpha value is -1.53. The molecule has 1 saturated heterocycles. The minimum absolute atomic E-state index is 0.162. The summed E-state index contributed by atoms with van der Waals surface area (Å²) in [6.07, 6.45) is 1.84. The average molecular weight is 409 g/mol. The van der Waals surface area contributed by atoms with Gasteiger partial charge in [-0.15, -0.1) is 0 Å². The number of hydrogen-bond acceptors (Lipinski definition) is 4. The van der Waals surface area contributed by atoms with E-state index in [-0.39, 0.29) is 5.91 Å². The summed E-state index contributed by atoms with van der Waals surface area (Å²) in [5.74, 6) is -0.162. The molecule has 0 atom stereocenters. The Kier molecular flexibility index (Phi) is 5.39. The third-order valence-electron chi connectivity index (χ3n) is 3.66. The lowest BCUT2D eigenvalue weighted by Crippen LogP contribution is -2.27. The predicted octanol–water partition coefficient (Wildman–Crippen LogP) is 5.47. The molecule has 3 nitrogen and oxygen atoms in total. The third kappa shape index (κ3) is 3.85. The van der Waals surface area contributed by atoms with Crippen LogP contribution < -0.4 is 9.80 Å². The van der Waals surface area contributed by atoms with Crippen LogP contribution >= 0.6 is 47.2 Å². The van der Waals surface area contributed by atoms with Gasteiger partial charge in [-0.2, -0.15) is 0 Å². The number of nitrogens with zero attached hydrogens (tertiary/aromatic N) is 2. The number of halogens is 2. The van der Waals surface area contributed by atoms with Crippen LogP contribution in [0.3, 0.4) is 0 Å². The fourth-order valence-corrected chi connectivity index (χ4v) is 3.93. The number of rotatable bonds is 3. The van der Waals surface area contributed by atoms with Crippen LogP contribution in [0.5, 0.6) is 0 Å². The number of benzene rings is 2. The monoisotopic (exact) mass is 408 g/mol. The zero-order valence-electron chi connectivity index (χ0n) is 13.5. The zero-order chi connectivity index (χ0) is 18.1. The van der Waals surface area contributed by atoms with Crippen LogP contribution in [0, 0.1) is 0 Å². The number of thiocarbonyl (C=S) groups is 1. The molecule has 1 heterocycles. The number of carbonyl (C=O) groups is 1. The number of thioether (sulfide) groups is 1. The van der Waals surface area contributed by atoms with Gasteiger partial charge in [-0.25, -0.2) is 0 Å². The molecule has 0 N–H and O–H groups in total. The van der Waals surface area contributed by atoms with Crippen LogP contribution in [0.2, 0.25) is 10.0 Å². The van der Waals surface area contributed by atoms with Crippen molar-refractivity contribution in [2.24, 2.45) is 0 Å². The quantitative estimate of drug-likeness (QED) is 0.496. The van der Waals surface area contributed by atoms with Gasteiger partial charge < -0.3 is 4.90 Å². The van der Waals surface area contributed by atoms with Gasteiger partial charge in [-0.3, -0.25) is 9.69 Å². The SMILES string of the molecule is CN(C)c1ccc(/C=C2\SC(=S)N(c3ccc(Cl)c(Cl)c3)C2=O)cc1. The van der Waals surface area contributed by atoms with Crippen LogP contribution in [-0.4, -0.2) is 24.3 Å². The maximum Gasteiger partial charge on any atom is 0.270 e. The second-order valence-electron chi connectivity index (χ2n) is 5.60. The van der Waals surface area contributed by atoms with Crippen LogP contribution in [0.15, 0.2) is 47.4 Å². The highest BCUT2D eigenvalue weighted by atomic mass is 35.5. The van der Waals surface area contributed by atoms with Gasteiger partial charge in [0.15, 0.2) is 4.32 Å². The van der Waals surface area contributed by atoms with Gasteiger partial charge in [0.05, 0.1) is 20.6 Å². The van der Waals surface area contributed by atoms with E-state index in [1.165, 1.54) is 16.7 Å². The average Bonchev–Trinajstić information content (AvgIpc) is 2.85. The molecule has 2 aromatic carbocycles. The van der Waals surface area contributed by atoms with Gasteiger partial charge in [0.1, 0.15) is 0 Å². The molecule has 2 aromatic rings. The minimum atomic E-state index is -0.162. The second kappa shape index (κ2) is 7.38. The summed E-state index contributed by atoms with van der Waals surface area (Å²) in [5.41, 5.74) is 2.66. The number of amides is 1. The summed E-state index contributed by atoms with van der Waals surface area (Å²) in [6, 6.07) is 13.0. The molecule has 0 aromatic heterocycles. The van der Waals surface area contributed by atoms with E-state index in [4.69, 9.17) is 35.4 Å². The topological polar surface area (TPSA) is 23.6 Å². The van der Waals surface area contributed by atoms with E-state index in [0.717, 1.165) is 11.3 Å². The van der Waals surface area contributed by atoms with Crippen LogP contribution in [0.25, 0.3) is 6.08 Å². The first-order chi connectivity index (χ1) is 11.9. The van der Waals surface area contributed by atoms with Crippen molar-refractivity contribution < 1.29 is 4.79 Å². The van der Waals surface area contributed by atoms with Gasteiger partial charge in [0.25, 0.3) is 5.91 Å². The normalized spacial score (nSPS) is 16.0. The van der Waals surface area contributed by atoms with E-state index in [1.54, 1.807) is 18.2 Å². The molecular formula is C18H14Cl2N2OS2. The molecule has 1 amide bonds. The smallest absolute Gasteiger partial charge is 0.270 e. The van der Waals surface area contributed by atoms with Gasteiger partial charge >= 0.3 is 0 Å². The number of anilines is 2. The first-order valence-electron chi connectivity index (χ1n) is 7.37. The van der Waals surface area contributed by atoms with E-state index >= 15 is 0 Å². The van der Waals surface area contributed by atoms with Crippen molar-refractivity contribution in [1.29, 1.82) is 0 Å². The van der Waals surface area contributed by atoms with Crippen molar-refractivity contribution in [2.75, 3.05) is 23.9 Å². The first-order valence-corrected chi connectivity index (χ1v) is 9.35. The van der Waals surface area contributed by atoms with Crippen molar-refractivity contribution in [2.45, 2.75) is 0 Å². The standard InChI is InChI=1S/C18H14Cl2N2OS2/c1-21(2)12-5-3-11(4-6-12)9-16-17(23)22(18(24)25-16)13-7-8-14(19)15(20)10-13/h3-10H,1-2H3/b16-9-. The fraction of sp³-hybridized carbons (Fsp3) is 0.111. The van der Waals surface area contributed by atoms with Gasteiger partial charge in [-0.1, -0.05) is 59.3 Å². The lowest BCUT2D eigenvalue weighted by molar-refractivity contribution is -0.113. The van der Waals surface area contributed by atoms with E-state index < -0.39 is 0 Å². The van der Waals surface area contributed by atoms with Crippen LogP contribution in [0.1, 0.15) is 5.56 Å². The van der Waals surface area contributed by atoms with Gasteiger partial charge in [-0.05, 0) is 42.0 Å². The molecule has 0 radical (unpaired) electrons. The molecule has 3 rings (SSSR count). The molecule has 128 valence electrons. The van der Waals surface area contributed by atoms with Crippen molar-refractivity contribution in [3.8, 4) is 0 Å². The Morgan fingerprint density at radius 2 is 1.76 bits per heavy atom. The molecule has 1 fully saturated rings. The lowest BCUT2D eigenvalue weighted by Gasteiger charge is -2.15. The van der Waals surface area contributed by atoms with Crippen molar-refractivity contribution in [3.63, 3.8) is 0 Å². The maximum absolute atomic E-state index is 12.8. The molecule has 0 spiro atoms. The summed E-state index contributed by atoms with van der Waals surface area (Å²) in [7, 11) is 3.97. The Bertz CT molecular complexity index is 879. The Morgan fingerprint density at radius 1 is 1.08 bits per heavy atom. The zero-order valence-corrected chi connectivity index (χ0v) is 16.6. The van der Waals surface area contributed by atoms with Crippen molar-refractivity contribution in [3.05, 3.63) is 63.0 Å². The highest BCUT2D eigenvalue weighted by Gasteiger charge is 2.33. The summed E-state index contributed by atoms with van der Waals surface area (Å²) in [6.45, 7) is 0. The molecular weight excluding hydrogens is 395 g/mol. The summed E-state index contributed by atoms with van der Waals surface area (Å²) >= 11 is 18.6.